The zero-order valence-corrected chi connectivity index (χ0v) is 13.1. The van der Waals surface area contributed by atoms with Gasteiger partial charge in [0.25, 0.3) is 0 Å². The number of hydrogen-bond acceptors (Lipinski definition) is 5. The van der Waals surface area contributed by atoms with Crippen LogP contribution in [-0.2, 0) is 11.3 Å². The Morgan fingerprint density at radius 2 is 2.18 bits per heavy atom. The van der Waals surface area contributed by atoms with Crippen LogP contribution >= 0.6 is 0 Å². The SMILES string of the molecule is CCCC[C@H](NCc1cc(OC)c2c(c1)OCCO2)C(=O)O. The van der Waals surface area contributed by atoms with Crippen molar-refractivity contribution in [2.45, 2.75) is 38.8 Å². The molecular formula is C16H23NO5. The van der Waals surface area contributed by atoms with Crippen LogP contribution in [0.15, 0.2) is 12.1 Å². The van der Waals surface area contributed by atoms with Crippen molar-refractivity contribution < 1.29 is 24.1 Å². The summed E-state index contributed by atoms with van der Waals surface area (Å²) in [5, 5.41) is 12.3. The van der Waals surface area contributed by atoms with E-state index >= 15 is 0 Å². The number of fused-ring (bicyclic) bond motifs is 1. The lowest BCUT2D eigenvalue weighted by molar-refractivity contribution is -0.139. The van der Waals surface area contributed by atoms with Gasteiger partial charge in [-0.25, -0.2) is 0 Å². The van der Waals surface area contributed by atoms with Gasteiger partial charge < -0.3 is 24.6 Å². The number of rotatable bonds is 8. The van der Waals surface area contributed by atoms with Crippen molar-refractivity contribution in [2.75, 3.05) is 20.3 Å². The van der Waals surface area contributed by atoms with Gasteiger partial charge in [-0.2, -0.15) is 0 Å². The first-order valence-corrected chi connectivity index (χ1v) is 7.58. The standard InChI is InChI=1S/C16H23NO5/c1-3-4-5-12(16(18)19)17-10-11-8-13(20-2)15-14(9-11)21-6-7-22-15/h8-9,12,17H,3-7,10H2,1-2H3,(H,18,19)/t12-/m0/s1. The Balaban J connectivity index is 2.07. The lowest BCUT2D eigenvalue weighted by Crippen LogP contribution is -2.36. The van der Waals surface area contributed by atoms with E-state index in [0.717, 1.165) is 18.4 Å². The molecule has 0 fully saturated rings. The third-order valence-electron chi connectivity index (χ3n) is 3.58. The van der Waals surface area contributed by atoms with E-state index in [2.05, 4.69) is 5.32 Å². The van der Waals surface area contributed by atoms with Gasteiger partial charge in [0, 0.05) is 6.54 Å². The first-order valence-electron chi connectivity index (χ1n) is 7.58. The summed E-state index contributed by atoms with van der Waals surface area (Å²) in [5.41, 5.74) is 0.906. The van der Waals surface area contributed by atoms with Crippen molar-refractivity contribution in [1.82, 2.24) is 5.32 Å². The van der Waals surface area contributed by atoms with Gasteiger partial charge in [-0.1, -0.05) is 19.8 Å². The number of unbranched alkanes of at least 4 members (excludes halogenated alkanes) is 1. The van der Waals surface area contributed by atoms with E-state index in [1.54, 1.807) is 7.11 Å². The van der Waals surface area contributed by atoms with Crippen LogP contribution in [0.25, 0.3) is 0 Å². The van der Waals surface area contributed by atoms with Crippen LogP contribution in [-0.4, -0.2) is 37.4 Å². The van der Waals surface area contributed by atoms with Crippen LogP contribution in [0, 0.1) is 0 Å². The fourth-order valence-electron chi connectivity index (χ4n) is 2.39. The second-order valence-corrected chi connectivity index (χ2v) is 5.24. The summed E-state index contributed by atoms with van der Waals surface area (Å²) < 4.78 is 16.5. The summed E-state index contributed by atoms with van der Waals surface area (Å²) in [6, 6.07) is 3.17. The highest BCUT2D eigenvalue weighted by atomic mass is 16.6. The van der Waals surface area contributed by atoms with Crippen molar-refractivity contribution in [3.8, 4) is 17.2 Å². The Kier molecular flexibility index (Phi) is 5.89. The molecule has 1 heterocycles. The second kappa shape index (κ2) is 7.89. The van der Waals surface area contributed by atoms with Crippen molar-refractivity contribution in [3.63, 3.8) is 0 Å². The normalized spacial score (nSPS) is 14.5. The van der Waals surface area contributed by atoms with Crippen LogP contribution < -0.4 is 19.5 Å². The molecular weight excluding hydrogens is 286 g/mol. The van der Waals surface area contributed by atoms with Gasteiger partial charge >= 0.3 is 5.97 Å². The summed E-state index contributed by atoms with van der Waals surface area (Å²) in [6.45, 7) is 3.48. The van der Waals surface area contributed by atoms with Gasteiger partial charge in [0.2, 0.25) is 5.75 Å². The zero-order chi connectivity index (χ0) is 15.9. The maximum Gasteiger partial charge on any atom is 0.320 e. The highest BCUT2D eigenvalue weighted by molar-refractivity contribution is 5.73. The molecule has 1 aliphatic heterocycles. The Labute approximate surface area is 130 Å². The summed E-state index contributed by atoms with van der Waals surface area (Å²) >= 11 is 0. The number of aliphatic carboxylic acids is 1. The average Bonchev–Trinajstić information content (AvgIpc) is 2.53. The fourth-order valence-corrected chi connectivity index (χ4v) is 2.39. The molecule has 0 aliphatic carbocycles. The topological polar surface area (TPSA) is 77.0 Å². The molecule has 0 aromatic heterocycles. The van der Waals surface area contributed by atoms with Crippen molar-refractivity contribution in [1.29, 1.82) is 0 Å². The maximum atomic E-state index is 11.3. The highest BCUT2D eigenvalue weighted by Crippen LogP contribution is 2.40. The minimum Gasteiger partial charge on any atom is -0.493 e. The first kappa shape index (κ1) is 16.4. The van der Waals surface area contributed by atoms with Gasteiger partial charge in [0.15, 0.2) is 11.5 Å². The molecule has 0 radical (unpaired) electrons. The number of carboxylic acid groups (broad SMARTS) is 1. The first-order chi connectivity index (χ1) is 10.7. The number of carbonyl (C=O) groups is 1. The number of ether oxygens (including phenoxy) is 3. The average molecular weight is 309 g/mol. The van der Waals surface area contributed by atoms with Gasteiger partial charge in [0.05, 0.1) is 7.11 Å². The van der Waals surface area contributed by atoms with Crippen LogP contribution in [0.2, 0.25) is 0 Å². The number of nitrogens with one attached hydrogen (secondary N) is 1. The number of methoxy groups -OCH3 is 1. The van der Waals surface area contributed by atoms with E-state index in [9.17, 15) is 9.90 Å². The Bertz CT molecular complexity index is 500. The van der Waals surface area contributed by atoms with E-state index < -0.39 is 12.0 Å². The predicted octanol–water partition coefficient (Wildman–Crippen LogP) is 2.20. The molecule has 0 amide bonds. The largest absolute Gasteiger partial charge is 0.493 e. The molecule has 0 unspecified atom stereocenters. The molecule has 22 heavy (non-hydrogen) atoms. The van der Waals surface area contributed by atoms with Crippen LogP contribution in [0.3, 0.4) is 0 Å². The van der Waals surface area contributed by atoms with Crippen molar-refractivity contribution in [3.05, 3.63) is 17.7 Å². The van der Waals surface area contributed by atoms with E-state index in [1.807, 2.05) is 19.1 Å². The third kappa shape index (κ3) is 4.04. The monoisotopic (exact) mass is 309 g/mol. The summed E-state index contributed by atoms with van der Waals surface area (Å²) in [5.74, 6) is 1.04. The Morgan fingerprint density at radius 1 is 1.41 bits per heavy atom. The number of benzene rings is 1. The van der Waals surface area contributed by atoms with E-state index in [1.165, 1.54) is 0 Å². The molecule has 122 valence electrons. The summed E-state index contributed by atoms with van der Waals surface area (Å²) in [4.78, 5) is 11.3. The number of carboxylic acids is 1. The molecule has 2 rings (SSSR count). The van der Waals surface area contributed by atoms with Gasteiger partial charge in [0.1, 0.15) is 19.3 Å². The van der Waals surface area contributed by atoms with Gasteiger partial charge in [-0.3, -0.25) is 4.79 Å². The molecule has 6 nitrogen and oxygen atoms in total. The Hall–Kier alpha value is -1.95. The molecule has 6 heteroatoms. The van der Waals surface area contributed by atoms with E-state index in [4.69, 9.17) is 14.2 Å². The second-order valence-electron chi connectivity index (χ2n) is 5.24. The maximum absolute atomic E-state index is 11.3. The molecule has 1 aromatic rings. The lowest BCUT2D eigenvalue weighted by Gasteiger charge is -2.22. The summed E-state index contributed by atoms with van der Waals surface area (Å²) in [6.07, 6.45) is 2.48. The molecule has 0 saturated heterocycles. The smallest absolute Gasteiger partial charge is 0.320 e. The molecule has 1 aliphatic rings. The van der Waals surface area contributed by atoms with Gasteiger partial charge in [-0.05, 0) is 24.1 Å². The van der Waals surface area contributed by atoms with Crippen LogP contribution in [0.1, 0.15) is 31.7 Å². The molecule has 2 N–H and O–H groups in total. The molecule has 1 atom stereocenters. The summed E-state index contributed by atoms with van der Waals surface area (Å²) in [7, 11) is 1.58. The van der Waals surface area contributed by atoms with Gasteiger partial charge in [-0.15, -0.1) is 0 Å². The molecule has 0 saturated carbocycles. The van der Waals surface area contributed by atoms with E-state index in [0.29, 0.717) is 43.4 Å². The van der Waals surface area contributed by atoms with E-state index in [-0.39, 0.29) is 0 Å². The predicted molar refractivity (Wildman–Crippen MR) is 81.8 cm³/mol. The minimum absolute atomic E-state index is 0.438. The van der Waals surface area contributed by atoms with Crippen molar-refractivity contribution >= 4 is 5.97 Å². The fraction of sp³-hybridized carbons (Fsp3) is 0.562. The molecule has 0 bridgehead atoms. The zero-order valence-electron chi connectivity index (χ0n) is 13.1. The third-order valence-corrected chi connectivity index (χ3v) is 3.58. The number of hydrogen-bond donors (Lipinski definition) is 2. The lowest BCUT2D eigenvalue weighted by atomic mass is 10.1. The molecule has 1 aromatic carbocycles. The quantitative estimate of drug-likeness (QED) is 0.766. The van der Waals surface area contributed by atoms with Crippen LogP contribution in [0.5, 0.6) is 17.2 Å². The molecule has 0 spiro atoms. The highest BCUT2D eigenvalue weighted by Gasteiger charge is 2.20. The minimum atomic E-state index is -0.821. The Morgan fingerprint density at radius 3 is 2.86 bits per heavy atom. The van der Waals surface area contributed by atoms with Crippen LogP contribution in [0.4, 0.5) is 0 Å². The van der Waals surface area contributed by atoms with Crippen molar-refractivity contribution in [2.24, 2.45) is 0 Å².